The topological polar surface area (TPSA) is 70.9 Å². The van der Waals surface area contributed by atoms with E-state index in [0.717, 1.165) is 61.4 Å². The van der Waals surface area contributed by atoms with Crippen LogP contribution in [0.5, 0.6) is 0 Å². The number of nitrogens with one attached hydrogen (secondary N) is 2. The molecule has 2 N–H and O–H groups in total. The molecule has 1 saturated carbocycles. The zero-order chi connectivity index (χ0) is 24.0. The van der Waals surface area contributed by atoms with E-state index in [1.807, 2.05) is 10.9 Å². The van der Waals surface area contributed by atoms with Crippen LogP contribution >= 0.6 is 11.3 Å². The first-order chi connectivity index (χ1) is 17.0. The van der Waals surface area contributed by atoms with Crippen LogP contribution in [0.1, 0.15) is 62.3 Å². The van der Waals surface area contributed by atoms with Gasteiger partial charge in [-0.05, 0) is 57.4 Å². The van der Waals surface area contributed by atoms with Gasteiger partial charge in [0.15, 0.2) is 0 Å². The first-order valence-electron chi connectivity index (χ1n) is 13.0. The third-order valence-corrected chi connectivity index (χ3v) is 9.05. The van der Waals surface area contributed by atoms with Crippen molar-refractivity contribution < 1.29 is 8.78 Å². The lowest BCUT2D eigenvalue weighted by Gasteiger charge is -2.40. The molecule has 1 saturated heterocycles. The van der Waals surface area contributed by atoms with Crippen LogP contribution in [0.25, 0.3) is 10.2 Å². The Labute approximate surface area is 208 Å². The number of hydrogen-bond acceptors (Lipinski definition) is 7. The van der Waals surface area contributed by atoms with Gasteiger partial charge in [0.05, 0.1) is 17.3 Å². The second-order valence-electron chi connectivity index (χ2n) is 10.2. The third-order valence-electron chi connectivity index (χ3n) is 7.86. The Kier molecular flexibility index (Phi) is 6.12. The SMILES string of the molecule is CCn1cc(Nc2nc(N[C@H]3CC[C@@H](N4CCC(F)(F)CC4)CC3)c3c4c(sc3n2)CCC4)cn1. The Morgan fingerprint density at radius 3 is 2.66 bits per heavy atom. The highest BCUT2D eigenvalue weighted by Crippen LogP contribution is 2.41. The molecule has 3 aromatic rings. The third kappa shape index (κ3) is 4.74. The molecular weight excluding hydrogens is 468 g/mol. The maximum atomic E-state index is 13.6. The first kappa shape index (κ1) is 23.1. The molecule has 10 heteroatoms. The first-order valence-corrected chi connectivity index (χ1v) is 13.8. The molecule has 2 aliphatic carbocycles. The fraction of sp³-hybridized carbons (Fsp3) is 0.640. The molecule has 7 nitrogen and oxygen atoms in total. The largest absolute Gasteiger partial charge is 0.367 e. The van der Waals surface area contributed by atoms with Gasteiger partial charge in [-0.1, -0.05) is 0 Å². The molecule has 0 bridgehead atoms. The van der Waals surface area contributed by atoms with E-state index in [1.54, 1.807) is 17.5 Å². The van der Waals surface area contributed by atoms with Crippen molar-refractivity contribution in [2.45, 2.75) is 89.3 Å². The van der Waals surface area contributed by atoms with Crippen molar-refractivity contribution >= 4 is 39.0 Å². The number of alkyl halides is 2. The van der Waals surface area contributed by atoms with E-state index in [-0.39, 0.29) is 12.8 Å². The van der Waals surface area contributed by atoms with Crippen LogP contribution in [0.2, 0.25) is 0 Å². The molecule has 0 atom stereocenters. The Morgan fingerprint density at radius 1 is 1.11 bits per heavy atom. The monoisotopic (exact) mass is 501 g/mol. The number of likely N-dealkylation sites (tertiary alicyclic amines) is 1. The highest BCUT2D eigenvalue weighted by atomic mass is 32.1. The Morgan fingerprint density at radius 2 is 1.91 bits per heavy atom. The van der Waals surface area contributed by atoms with Crippen molar-refractivity contribution in [3.63, 3.8) is 0 Å². The summed E-state index contributed by atoms with van der Waals surface area (Å²) in [4.78, 5) is 14.6. The number of thiophene rings is 1. The number of hydrogen-bond donors (Lipinski definition) is 2. The average molecular weight is 502 g/mol. The summed E-state index contributed by atoms with van der Waals surface area (Å²) in [6.45, 7) is 3.92. The van der Waals surface area contributed by atoms with Gasteiger partial charge in [0.25, 0.3) is 5.92 Å². The number of halogens is 2. The fourth-order valence-electron chi connectivity index (χ4n) is 5.88. The molecule has 4 heterocycles. The number of nitrogens with zero attached hydrogens (tertiary/aromatic N) is 5. The van der Waals surface area contributed by atoms with Gasteiger partial charge < -0.3 is 10.6 Å². The molecule has 0 aromatic carbocycles. The van der Waals surface area contributed by atoms with Gasteiger partial charge in [-0.2, -0.15) is 10.1 Å². The molecule has 0 radical (unpaired) electrons. The molecule has 0 spiro atoms. The molecule has 188 valence electrons. The van der Waals surface area contributed by atoms with Gasteiger partial charge in [-0.3, -0.25) is 9.58 Å². The lowest BCUT2D eigenvalue weighted by Crippen LogP contribution is -2.47. The van der Waals surface area contributed by atoms with E-state index in [4.69, 9.17) is 9.97 Å². The number of piperidine rings is 1. The van der Waals surface area contributed by atoms with Crippen molar-refractivity contribution in [3.05, 3.63) is 22.8 Å². The molecule has 6 rings (SSSR count). The van der Waals surface area contributed by atoms with Gasteiger partial charge in [0, 0.05) is 55.6 Å². The molecule has 0 amide bonds. The van der Waals surface area contributed by atoms with E-state index >= 15 is 0 Å². The minimum absolute atomic E-state index is 0.000296. The molecule has 35 heavy (non-hydrogen) atoms. The van der Waals surface area contributed by atoms with Crippen LogP contribution in [0.4, 0.5) is 26.2 Å². The maximum Gasteiger partial charge on any atom is 0.250 e. The van der Waals surface area contributed by atoms with Crippen molar-refractivity contribution in [1.82, 2.24) is 24.6 Å². The summed E-state index contributed by atoms with van der Waals surface area (Å²) >= 11 is 1.80. The van der Waals surface area contributed by atoms with Crippen LogP contribution in [0.3, 0.4) is 0 Å². The summed E-state index contributed by atoms with van der Waals surface area (Å²) in [7, 11) is 0. The highest BCUT2D eigenvalue weighted by Gasteiger charge is 2.37. The highest BCUT2D eigenvalue weighted by molar-refractivity contribution is 7.19. The standard InChI is InChI=1S/C25H33F2N7S/c1-2-34-15-17(14-28-34)30-24-31-22(21-19-4-3-5-20(19)35-23(21)32-24)29-16-6-8-18(9-7-16)33-12-10-25(26,27)11-13-33/h14-16,18H,2-13H2,1H3,(H2,29,30,31,32)/t16-,18+. The van der Waals surface area contributed by atoms with Crippen LogP contribution in [-0.2, 0) is 19.4 Å². The Hall–Kier alpha value is -2.33. The quantitative estimate of drug-likeness (QED) is 0.459. The number of fused-ring (bicyclic) bond motifs is 3. The summed E-state index contributed by atoms with van der Waals surface area (Å²) in [5, 5.41) is 12.7. The van der Waals surface area contributed by atoms with E-state index in [9.17, 15) is 8.78 Å². The second kappa shape index (κ2) is 9.28. The van der Waals surface area contributed by atoms with Crippen LogP contribution in [0.15, 0.2) is 12.4 Å². The zero-order valence-corrected chi connectivity index (χ0v) is 21.0. The van der Waals surface area contributed by atoms with Crippen molar-refractivity contribution in [3.8, 4) is 0 Å². The predicted octanol–water partition coefficient (Wildman–Crippen LogP) is 5.59. The fourth-order valence-corrected chi connectivity index (χ4v) is 7.14. The summed E-state index contributed by atoms with van der Waals surface area (Å²) in [5.74, 6) is -0.950. The Balaban J connectivity index is 1.19. The van der Waals surface area contributed by atoms with Crippen molar-refractivity contribution in [2.75, 3.05) is 23.7 Å². The number of anilines is 3. The van der Waals surface area contributed by atoms with Crippen molar-refractivity contribution in [1.29, 1.82) is 0 Å². The van der Waals surface area contributed by atoms with Gasteiger partial charge in [-0.15, -0.1) is 11.3 Å². The number of aryl methyl sites for hydroxylation is 3. The predicted molar refractivity (Wildman–Crippen MR) is 136 cm³/mol. The zero-order valence-electron chi connectivity index (χ0n) is 20.2. The molecule has 0 unspecified atom stereocenters. The smallest absolute Gasteiger partial charge is 0.250 e. The van der Waals surface area contributed by atoms with Crippen LogP contribution in [0, 0.1) is 0 Å². The molecule has 3 aromatic heterocycles. The summed E-state index contributed by atoms with van der Waals surface area (Å²) in [5.41, 5.74) is 2.30. The maximum absolute atomic E-state index is 13.6. The normalized spacial score (nSPS) is 24.5. The molecule has 2 fully saturated rings. The molecular formula is C25H33F2N7S. The Bertz CT molecular complexity index is 1190. The lowest BCUT2D eigenvalue weighted by molar-refractivity contribution is -0.0657. The van der Waals surface area contributed by atoms with E-state index < -0.39 is 5.92 Å². The lowest BCUT2D eigenvalue weighted by atomic mass is 9.88. The van der Waals surface area contributed by atoms with Gasteiger partial charge in [0.2, 0.25) is 5.95 Å². The van der Waals surface area contributed by atoms with Crippen LogP contribution < -0.4 is 10.6 Å². The van der Waals surface area contributed by atoms with E-state index in [0.29, 0.717) is 31.1 Å². The van der Waals surface area contributed by atoms with E-state index in [1.165, 1.54) is 22.2 Å². The molecule has 3 aliphatic rings. The summed E-state index contributed by atoms with van der Waals surface area (Å²) in [6.07, 6.45) is 11.3. The van der Waals surface area contributed by atoms with Gasteiger partial charge >= 0.3 is 0 Å². The van der Waals surface area contributed by atoms with Gasteiger partial charge in [0.1, 0.15) is 10.6 Å². The van der Waals surface area contributed by atoms with Gasteiger partial charge in [-0.25, -0.2) is 13.8 Å². The van der Waals surface area contributed by atoms with Crippen molar-refractivity contribution in [2.24, 2.45) is 0 Å². The van der Waals surface area contributed by atoms with Crippen LogP contribution in [-0.4, -0.2) is 55.7 Å². The average Bonchev–Trinajstić information content (AvgIpc) is 3.56. The summed E-state index contributed by atoms with van der Waals surface area (Å²) < 4.78 is 29.0. The minimum atomic E-state index is -2.48. The minimum Gasteiger partial charge on any atom is -0.367 e. The second-order valence-corrected chi connectivity index (χ2v) is 11.3. The molecule has 1 aliphatic heterocycles. The summed E-state index contributed by atoms with van der Waals surface area (Å²) in [6, 6.07) is 0.760. The number of aromatic nitrogens is 4. The van der Waals surface area contributed by atoms with E-state index in [2.05, 4.69) is 27.6 Å². The number of rotatable bonds is 6.